The van der Waals surface area contributed by atoms with E-state index in [1.54, 1.807) is 4.90 Å². The molecule has 7 heteroatoms. The van der Waals surface area contributed by atoms with E-state index in [0.717, 1.165) is 22.3 Å². The summed E-state index contributed by atoms with van der Waals surface area (Å²) in [5, 5.41) is 12.2. The van der Waals surface area contributed by atoms with Gasteiger partial charge in [-0.05, 0) is 52.8 Å². The number of carboxylic acids is 1. The summed E-state index contributed by atoms with van der Waals surface area (Å²) in [6.45, 7) is 5.18. The quantitative estimate of drug-likeness (QED) is 0.627. The number of fused-ring (bicyclic) bond motifs is 4. The van der Waals surface area contributed by atoms with E-state index >= 15 is 0 Å². The summed E-state index contributed by atoms with van der Waals surface area (Å²) in [5.74, 6) is -0.912. The monoisotopic (exact) mass is 476 g/mol. The smallest absolute Gasteiger partial charge is 0.407 e. The first-order valence-corrected chi connectivity index (χ1v) is 12.5. The highest BCUT2D eigenvalue weighted by Crippen LogP contribution is 2.51. The maximum Gasteiger partial charge on any atom is 0.407 e. The molecule has 1 heterocycles. The molecule has 5 rings (SSSR count). The van der Waals surface area contributed by atoms with Crippen LogP contribution in [0, 0.1) is 23.7 Å². The Morgan fingerprint density at radius 2 is 1.66 bits per heavy atom. The Kier molecular flexibility index (Phi) is 6.26. The van der Waals surface area contributed by atoms with Crippen molar-refractivity contribution in [3.8, 4) is 11.1 Å². The van der Waals surface area contributed by atoms with Gasteiger partial charge in [0.05, 0.1) is 5.92 Å². The number of alkyl carbamates (subject to hydrolysis) is 1. The summed E-state index contributed by atoms with van der Waals surface area (Å²) in [5.41, 5.74) is 4.59. The second-order valence-electron chi connectivity index (χ2n) is 10.4. The third-order valence-corrected chi connectivity index (χ3v) is 7.73. The van der Waals surface area contributed by atoms with Crippen LogP contribution >= 0.6 is 0 Å². The predicted octanol–water partition coefficient (Wildman–Crippen LogP) is 4.12. The molecule has 2 amide bonds. The Morgan fingerprint density at radius 1 is 1.03 bits per heavy atom. The van der Waals surface area contributed by atoms with E-state index in [1.807, 2.05) is 38.1 Å². The number of piperidine rings is 1. The molecule has 1 saturated heterocycles. The first kappa shape index (κ1) is 23.4. The average Bonchev–Trinajstić information content (AvgIpc) is 3.49. The van der Waals surface area contributed by atoms with E-state index in [4.69, 9.17) is 4.74 Å². The zero-order chi connectivity index (χ0) is 24.7. The van der Waals surface area contributed by atoms with Crippen LogP contribution in [0.3, 0.4) is 0 Å². The largest absolute Gasteiger partial charge is 0.481 e. The van der Waals surface area contributed by atoms with Gasteiger partial charge in [0, 0.05) is 19.0 Å². The Balaban J connectivity index is 1.23. The minimum Gasteiger partial charge on any atom is -0.481 e. The van der Waals surface area contributed by atoms with Crippen molar-refractivity contribution in [3.63, 3.8) is 0 Å². The Hall–Kier alpha value is -3.35. The molecule has 1 aliphatic heterocycles. The lowest BCUT2D eigenvalue weighted by Crippen LogP contribution is -2.51. The topological polar surface area (TPSA) is 95.9 Å². The van der Waals surface area contributed by atoms with Crippen molar-refractivity contribution >= 4 is 18.0 Å². The van der Waals surface area contributed by atoms with Crippen molar-refractivity contribution in [2.75, 3.05) is 19.7 Å². The number of benzene rings is 2. The highest BCUT2D eigenvalue weighted by molar-refractivity contribution is 5.86. The van der Waals surface area contributed by atoms with Crippen LogP contribution in [-0.2, 0) is 14.3 Å². The van der Waals surface area contributed by atoms with Crippen molar-refractivity contribution in [2.24, 2.45) is 23.7 Å². The van der Waals surface area contributed by atoms with Crippen LogP contribution in [-0.4, -0.2) is 53.7 Å². The van der Waals surface area contributed by atoms with Gasteiger partial charge in [-0.1, -0.05) is 62.4 Å². The lowest BCUT2D eigenvalue weighted by atomic mass is 9.98. The van der Waals surface area contributed by atoms with Crippen LogP contribution in [0.15, 0.2) is 48.5 Å². The number of amides is 2. The lowest BCUT2D eigenvalue weighted by Gasteiger charge is -2.31. The second-order valence-corrected chi connectivity index (χ2v) is 10.4. The number of rotatable bonds is 7. The molecule has 35 heavy (non-hydrogen) atoms. The standard InChI is InChI=1S/C28H32N2O5/c1-16(2)13-24(26(31)30-12-11-21-22(14-30)25(21)27(32)33)29-28(34)35-15-23-19-9-5-3-7-17(19)18-8-4-6-10-20(18)23/h3-10,16,21-25H,11-15H2,1-2H3,(H,29,34)(H,32,33)/t21-,22+,24?,25?/m1/s1. The molecule has 2 aromatic carbocycles. The molecule has 4 atom stereocenters. The average molecular weight is 477 g/mol. The Morgan fingerprint density at radius 3 is 2.26 bits per heavy atom. The number of carboxylic acid groups (broad SMARTS) is 1. The summed E-state index contributed by atoms with van der Waals surface area (Å²) < 4.78 is 5.67. The third kappa shape index (κ3) is 4.51. The van der Waals surface area contributed by atoms with Gasteiger partial charge in [0.1, 0.15) is 12.6 Å². The van der Waals surface area contributed by atoms with Gasteiger partial charge in [0.25, 0.3) is 0 Å². The highest BCUT2D eigenvalue weighted by atomic mass is 16.5. The number of ether oxygens (including phenoxy) is 1. The fourth-order valence-corrected chi connectivity index (χ4v) is 6.00. The molecule has 7 nitrogen and oxygen atoms in total. The maximum atomic E-state index is 13.3. The molecule has 0 aromatic heterocycles. The predicted molar refractivity (Wildman–Crippen MR) is 131 cm³/mol. The molecule has 2 unspecified atom stereocenters. The van der Waals surface area contributed by atoms with Gasteiger partial charge in [-0.2, -0.15) is 0 Å². The fourth-order valence-electron chi connectivity index (χ4n) is 6.00. The minimum absolute atomic E-state index is 0.0272. The SMILES string of the molecule is CC(C)CC(NC(=O)OCC1c2ccccc2-c2ccccc21)C(=O)N1CC[C@H]2C(C(=O)O)[C@H]2C1. The van der Waals surface area contributed by atoms with E-state index in [9.17, 15) is 19.5 Å². The number of carbonyl (C=O) groups excluding carboxylic acids is 2. The van der Waals surface area contributed by atoms with Gasteiger partial charge in [0.2, 0.25) is 5.91 Å². The second kappa shape index (κ2) is 9.36. The molecule has 2 N–H and O–H groups in total. The molecule has 2 aromatic rings. The number of hydrogen-bond acceptors (Lipinski definition) is 4. The van der Waals surface area contributed by atoms with Gasteiger partial charge in [0.15, 0.2) is 0 Å². The lowest BCUT2D eigenvalue weighted by molar-refractivity contribution is -0.139. The summed E-state index contributed by atoms with van der Waals surface area (Å²) in [4.78, 5) is 39.3. The molecule has 0 spiro atoms. The zero-order valence-electron chi connectivity index (χ0n) is 20.1. The fraction of sp³-hybridized carbons (Fsp3) is 0.464. The highest BCUT2D eigenvalue weighted by Gasteiger charge is 2.57. The number of aliphatic carboxylic acids is 1. The van der Waals surface area contributed by atoms with Gasteiger partial charge < -0.3 is 20.1 Å². The van der Waals surface area contributed by atoms with Crippen molar-refractivity contribution in [2.45, 2.75) is 38.6 Å². The molecule has 1 saturated carbocycles. The van der Waals surface area contributed by atoms with Crippen molar-refractivity contribution in [1.29, 1.82) is 0 Å². The normalized spacial score (nSPS) is 23.2. The number of carbonyl (C=O) groups is 3. The number of nitrogens with zero attached hydrogens (tertiary/aromatic N) is 1. The number of nitrogens with one attached hydrogen (secondary N) is 1. The van der Waals surface area contributed by atoms with Crippen LogP contribution in [0.4, 0.5) is 4.79 Å². The minimum atomic E-state index is -0.773. The van der Waals surface area contributed by atoms with Crippen LogP contribution in [0.2, 0.25) is 0 Å². The van der Waals surface area contributed by atoms with Gasteiger partial charge in [-0.3, -0.25) is 9.59 Å². The van der Waals surface area contributed by atoms with Crippen molar-refractivity contribution in [3.05, 3.63) is 59.7 Å². The summed E-state index contributed by atoms with van der Waals surface area (Å²) in [7, 11) is 0. The first-order chi connectivity index (χ1) is 16.8. The van der Waals surface area contributed by atoms with Crippen molar-refractivity contribution < 1.29 is 24.2 Å². The Bertz CT molecular complexity index is 1100. The zero-order valence-corrected chi connectivity index (χ0v) is 20.1. The third-order valence-electron chi connectivity index (χ3n) is 7.73. The van der Waals surface area contributed by atoms with E-state index in [2.05, 4.69) is 29.6 Å². The van der Waals surface area contributed by atoms with Crippen LogP contribution < -0.4 is 5.32 Å². The molecular formula is C28H32N2O5. The molecule has 0 radical (unpaired) electrons. The van der Waals surface area contributed by atoms with Crippen LogP contribution in [0.1, 0.15) is 43.7 Å². The van der Waals surface area contributed by atoms with Crippen LogP contribution in [0.5, 0.6) is 0 Å². The molecule has 2 aliphatic carbocycles. The number of hydrogen-bond donors (Lipinski definition) is 2. The van der Waals surface area contributed by atoms with Gasteiger partial charge in [-0.25, -0.2) is 4.79 Å². The maximum absolute atomic E-state index is 13.3. The van der Waals surface area contributed by atoms with Crippen LogP contribution in [0.25, 0.3) is 11.1 Å². The number of likely N-dealkylation sites (tertiary alicyclic amines) is 1. The molecule has 0 bridgehead atoms. The Labute approximate surface area is 205 Å². The molecule has 3 aliphatic rings. The van der Waals surface area contributed by atoms with Gasteiger partial charge in [-0.15, -0.1) is 0 Å². The summed E-state index contributed by atoms with van der Waals surface area (Å²) in [6, 6.07) is 15.6. The van der Waals surface area contributed by atoms with Crippen molar-refractivity contribution in [1.82, 2.24) is 10.2 Å². The summed E-state index contributed by atoms with van der Waals surface area (Å²) >= 11 is 0. The molecular weight excluding hydrogens is 444 g/mol. The van der Waals surface area contributed by atoms with E-state index in [0.29, 0.717) is 25.9 Å². The van der Waals surface area contributed by atoms with E-state index in [1.165, 1.54) is 0 Å². The molecule has 184 valence electrons. The molecule has 2 fully saturated rings. The van der Waals surface area contributed by atoms with Gasteiger partial charge >= 0.3 is 12.1 Å². The summed E-state index contributed by atoms with van der Waals surface area (Å²) in [6.07, 6.45) is 0.596. The van der Waals surface area contributed by atoms with E-state index in [-0.39, 0.29) is 42.1 Å². The first-order valence-electron chi connectivity index (χ1n) is 12.5. The van der Waals surface area contributed by atoms with E-state index < -0.39 is 18.1 Å².